The van der Waals surface area contributed by atoms with E-state index in [1.54, 1.807) is 7.11 Å². The maximum absolute atomic E-state index is 5.52. The van der Waals surface area contributed by atoms with Crippen LogP contribution in [0.25, 0.3) is 0 Å². The summed E-state index contributed by atoms with van der Waals surface area (Å²) in [6.45, 7) is 10.5. The number of methoxy groups -OCH3 is 1. The third-order valence-corrected chi connectivity index (χ3v) is 2.14. The summed E-state index contributed by atoms with van der Waals surface area (Å²) in [5.74, 6) is 5.52. The van der Waals surface area contributed by atoms with E-state index in [4.69, 9.17) is 10.6 Å². The van der Waals surface area contributed by atoms with Crippen LogP contribution in [-0.4, -0.2) is 19.3 Å². The third-order valence-electron chi connectivity index (χ3n) is 2.14. The minimum Gasteiger partial charge on any atom is -0.379 e. The predicted octanol–water partition coefficient (Wildman–Crippen LogP) is 1.85. The smallest absolute Gasteiger partial charge is 0.0821 e. The van der Waals surface area contributed by atoms with Crippen LogP contribution < -0.4 is 11.3 Å². The quantitative estimate of drug-likeness (QED) is 0.413. The number of allylic oxidation sites excluding steroid dienone is 1. The summed E-state index contributed by atoms with van der Waals surface area (Å²) >= 11 is 0. The molecule has 0 saturated heterocycles. The molecule has 0 fully saturated rings. The molecule has 0 heterocycles. The van der Waals surface area contributed by atoms with Crippen LogP contribution in [0.15, 0.2) is 11.6 Å². The van der Waals surface area contributed by atoms with Gasteiger partial charge in [0.2, 0.25) is 0 Å². The number of hydrogen-bond donors (Lipinski definition) is 2. The molecule has 0 aromatic carbocycles. The lowest BCUT2D eigenvalue weighted by atomic mass is 9.84. The van der Waals surface area contributed by atoms with Gasteiger partial charge >= 0.3 is 0 Å². The highest BCUT2D eigenvalue weighted by Gasteiger charge is 2.30. The van der Waals surface area contributed by atoms with Gasteiger partial charge < -0.3 is 4.74 Å². The van der Waals surface area contributed by atoms with E-state index in [-0.39, 0.29) is 17.6 Å². The lowest BCUT2D eigenvalue weighted by molar-refractivity contribution is 0.0000391. The molecule has 14 heavy (non-hydrogen) atoms. The maximum Gasteiger partial charge on any atom is 0.0821 e. The molecule has 0 saturated carbocycles. The van der Waals surface area contributed by atoms with Crippen molar-refractivity contribution in [1.82, 2.24) is 5.43 Å². The summed E-state index contributed by atoms with van der Waals surface area (Å²) in [5, 5.41) is 0. The van der Waals surface area contributed by atoms with Crippen LogP contribution in [0.3, 0.4) is 0 Å². The summed E-state index contributed by atoms with van der Waals surface area (Å²) in [6.07, 6.45) is 2.17. The Morgan fingerprint density at radius 1 is 1.36 bits per heavy atom. The van der Waals surface area contributed by atoms with E-state index in [2.05, 4.69) is 46.1 Å². The molecule has 2 atom stereocenters. The van der Waals surface area contributed by atoms with Gasteiger partial charge in [0.05, 0.1) is 12.1 Å². The van der Waals surface area contributed by atoms with Gasteiger partial charge in [-0.15, -0.1) is 0 Å². The molecule has 3 N–H and O–H groups in total. The fourth-order valence-corrected chi connectivity index (χ4v) is 1.62. The first-order chi connectivity index (χ1) is 6.32. The molecule has 84 valence electrons. The monoisotopic (exact) mass is 200 g/mol. The molecule has 0 radical (unpaired) electrons. The first kappa shape index (κ1) is 13.6. The van der Waals surface area contributed by atoms with Crippen LogP contribution in [0, 0.1) is 5.41 Å². The lowest BCUT2D eigenvalue weighted by Crippen LogP contribution is -2.49. The van der Waals surface area contributed by atoms with Gasteiger partial charge in [0.15, 0.2) is 0 Å². The van der Waals surface area contributed by atoms with E-state index in [1.807, 2.05) is 0 Å². The van der Waals surface area contributed by atoms with Crippen molar-refractivity contribution in [2.45, 2.75) is 46.8 Å². The van der Waals surface area contributed by atoms with Gasteiger partial charge in [-0.2, -0.15) is 0 Å². The summed E-state index contributed by atoms with van der Waals surface area (Å²) in [6, 6.07) is 0.0602. The van der Waals surface area contributed by atoms with E-state index in [9.17, 15) is 0 Å². The fourth-order valence-electron chi connectivity index (χ4n) is 1.62. The van der Waals surface area contributed by atoms with E-state index >= 15 is 0 Å². The Morgan fingerprint density at radius 2 is 1.86 bits per heavy atom. The molecule has 0 aliphatic heterocycles. The second-order valence-corrected chi connectivity index (χ2v) is 4.96. The van der Waals surface area contributed by atoms with Crippen molar-refractivity contribution in [3.8, 4) is 0 Å². The topological polar surface area (TPSA) is 47.3 Å². The van der Waals surface area contributed by atoms with Crippen LogP contribution >= 0.6 is 0 Å². The number of nitrogens with one attached hydrogen (secondary N) is 1. The average Bonchev–Trinajstić information content (AvgIpc) is 2.00. The Balaban J connectivity index is 4.71. The zero-order valence-corrected chi connectivity index (χ0v) is 10.2. The molecule has 0 aliphatic carbocycles. The SMILES string of the molecule is COC(C(C=C(C)C)NN)C(C)(C)C. The molecule has 3 heteroatoms. The fraction of sp³-hybridized carbons (Fsp3) is 0.818. The van der Waals surface area contributed by atoms with Crippen molar-refractivity contribution >= 4 is 0 Å². The van der Waals surface area contributed by atoms with Gasteiger partial charge in [-0.3, -0.25) is 11.3 Å². The van der Waals surface area contributed by atoms with Crippen LogP contribution in [0.5, 0.6) is 0 Å². The Kier molecular flexibility index (Phi) is 5.34. The standard InChI is InChI=1S/C11H24N2O/c1-8(2)7-9(13-12)10(14-6)11(3,4)5/h7,9-10,13H,12H2,1-6H3. The highest BCUT2D eigenvalue weighted by Crippen LogP contribution is 2.25. The minimum absolute atomic E-state index is 0.0602. The van der Waals surface area contributed by atoms with Gasteiger partial charge in [-0.25, -0.2) is 0 Å². The molecule has 0 rings (SSSR count). The largest absolute Gasteiger partial charge is 0.379 e. The van der Waals surface area contributed by atoms with Crippen LogP contribution in [0.1, 0.15) is 34.6 Å². The average molecular weight is 200 g/mol. The van der Waals surface area contributed by atoms with Gasteiger partial charge in [0, 0.05) is 7.11 Å². The third kappa shape index (κ3) is 4.22. The number of hydrogen-bond acceptors (Lipinski definition) is 3. The first-order valence-electron chi connectivity index (χ1n) is 4.97. The number of hydrazine groups is 1. The van der Waals surface area contributed by atoms with Crippen molar-refractivity contribution < 1.29 is 4.74 Å². The van der Waals surface area contributed by atoms with E-state index in [1.165, 1.54) is 5.57 Å². The van der Waals surface area contributed by atoms with Crippen LogP contribution in [0.4, 0.5) is 0 Å². The Morgan fingerprint density at radius 3 is 2.07 bits per heavy atom. The Labute approximate surface area is 87.7 Å². The zero-order valence-electron chi connectivity index (χ0n) is 10.2. The van der Waals surface area contributed by atoms with E-state index < -0.39 is 0 Å². The van der Waals surface area contributed by atoms with Gasteiger partial charge in [0.1, 0.15) is 0 Å². The highest BCUT2D eigenvalue weighted by molar-refractivity contribution is 5.05. The first-order valence-corrected chi connectivity index (χ1v) is 4.97. The molecule has 0 spiro atoms. The molecule has 2 unspecified atom stereocenters. The number of ether oxygens (including phenoxy) is 1. The zero-order chi connectivity index (χ0) is 11.4. The maximum atomic E-state index is 5.52. The molecular weight excluding hydrogens is 176 g/mol. The van der Waals surface area contributed by atoms with Gasteiger partial charge in [-0.1, -0.05) is 32.4 Å². The highest BCUT2D eigenvalue weighted by atomic mass is 16.5. The van der Waals surface area contributed by atoms with E-state index in [0.717, 1.165) is 0 Å². The molecular formula is C11H24N2O. The number of nitrogens with two attached hydrogens (primary N) is 1. The molecule has 0 aliphatic rings. The van der Waals surface area contributed by atoms with Crippen molar-refractivity contribution in [3.63, 3.8) is 0 Å². The molecule has 0 amide bonds. The number of rotatable bonds is 4. The summed E-state index contributed by atoms with van der Waals surface area (Å²) < 4.78 is 5.48. The molecule has 0 aromatic heterocycles. The molecule has 0 bridgehead atoms. The summed E-state index contributed by atoms with van der Waals surface area (Å²) in [4.78, 5) is 0. The van der Waals surface area contributed by atoms with Crippen molar-refractivity contribution in [2.75, 3.05) is 7.11 Å². The van der Waals surface area contributed by atoms with Gasteiger partial charge in [0.25, 0.3) is 0 Å². The Bertz CT molecular complexity index is 190. The lowest BCUT2D eigenvalue weighted by Gasteiger charge is -2.34. The van der Waals surface area contributed by atoms with E-state index in [0.29, 0.717) is 0 Å². The second kappa shape index (κ2) is 5.49. The normalized spacial score (nSPS) is 16.2. The summed E-state index contributed by atoms with van der Waals surface area (Å²) in [5.41, 5.74) is 4.09. The van der Waals surface area contributed by atoms with Crippen LogP contribution in [0.2, 0.25) is 0 Å². The summed E-state index contributed by atoms with van der Waals surface area (Å²) in [7, 11) is 1.72. The van der Waals surface area contributed by atoms with Gasteiger partial charge in [-0.05, 0) is 19.3 Å². The predicted molar refractivity (Wildman–Crippen MR) is 60.8 cm³/mol. The minimum atomic E-state index is 0.0602. The van der Waals surface area contributed by atoms with Crippen molar-refractivity contribution in [3.05, 3.63) is 11.6 Å². The molecule has 0 aromatic rings. The van der Waals surface area contributed by atoms with Crippen molar-refractivity contribution in [1.29, 1.82) is 0 Å². The Hall–Kier alpha value is -0.380. The van der Waals surface area contributed by atoms with Crippen molar-refractivity contribution in [2.24, 2.45) is 11.3 Å². The molecule has 3 nitrogen and oxygen atoms in total. The second-order valence-electron chi connectivity index (χ2n) is 4.96. The van der Waals surface area contributed by atoms with Crippen LogP contribution in [-0.2, 0) is 4.74 Å².